The van der Waals surface area contributed by atoms with Crippen molar-refractivity contribution in [3.8, 4) is 0 Å². The molecule has 1 unspecified atom stereocenters. The Morgan fingerprint density at radius 2 is 1.93 bits per heavy atom. The van der Waals surface area contributed by atoms with Crippen LogP contribution in [0.2, 0.25) is 0 Å². The summed E-state index contributed by atoms with van der Waals surface area (Å²) in [4.78, 5) is 0. The molecule has 2 heteroatoms. The molecule has 88 valence electrons. The topological polar surface area (TPSA) is 32.3 Å². The largest absolute Gasteiger partial charge is 0.389 e. The minimum Gasteiger partial charge on any atom is -0.389 e. The zero-order chi connectivity index (χ0) is 10.7. The lowest BCUT2D eigenvalue weighted by molar-refractivity contribution is 0.0440. The van der Waals surface area contributed by atoms with Crippen LogP contribution in [0.15, 0.2) is 0 Å². The summed E-state index contributed by atoms with van der Waals surface area (Å²) >= 11 is 0. The van der Waals surface area contributed by atoms with Crippen LogP contribution in [-0.4, -0.2) is 23.3 Å². The van der Waals surface area contributed by atoms with Gasteiger partial charge in [-0.25, -0.2) is 0 Å². The number of nitrogens with one attached hydrogen (secondary N) is 1. The van der Waals surface area contributed by atoms with E-state index in [0.717, 1.165) is 25.3 Å². The van der Waals surface area contributed by atoms with E-state index < -0.39 is 0 Å². The molecule has 1 atom stereocenters. The summed E-state index contributed by atoms with van der Waals surface area (Å²) in [6.45, 7) is 3.07. The van der Waals surface area contributed by atoms with Gasteiger partial charge < -0.3 is 10.4 Å². The van der Waals surface area contributed by atoms with E-state index in [1.165, 1.54) is 38.5 Å². The van der Waals surface area contributed by atoms with Crippen LogP contribution >= 0.6 is 0 Å². The van der Waals surface area contributed by atoms with Crippen LogP contribution < -0.4 is 5.32 Å². The molecule has 0 aromatic heterocycles. The van der Waals surface area contributed by atoms with Crippen molar-refractivity contribution in [3.63, 3.8) is 0 Å². The molecule has 0 aromatic rings. The van der Waals surface area contributed by atoms with Crippen LogP contribution in [0.5, 0.6) is 0 Å². The fourth-order valence-corrected chi connectivity index (χ4v) is 2.89. The Hall–Kier alpha value is -0.0800. The second kappa shape index (κ2) is 4.84. The van der Waals surface area contributed by atoms with Gasteiger partial charge in [-0.15, -0.1) is 0 Å². The molecular formula is C13H25NO. The first-order valence-corrected chi connectivity index (χ1v) is 6.64. The SMILES string of the molecule is CC(CC1CCC1)NCC1(O)CCCC1. The van der Waals surface area contributed by atoms with Crippen molar-refractivity contribution in [3.05, 3.63) is 0 Å². The molecule has 0 aliphatic heterocycles. The van der Waals surface area contributed by atoms with Gasteiger partial charge in [-0.3, -0.25) is 0 Å². The lowest BCUT2D eigenvalue weighted by Crippen LogP contribution is -2.42. The molecule has 2 fully saturated rings. The van der Waals surface area contributed by atoms with Crippen LogP contribution in [0.25, 0.3) is 0 Å². The highest BCUT2D eigenvalue weighted by atomic mass is 16.3. The van der Waals surface area contributed by atoms with Gasteiger partial charge in [0.2, 0.25) is 0 Å². The molecule has 0 amide bonds. The molecule has 2 saturated carbocycles. The Morgan fingerprint density at radius 3 is 2.47 bits per heavy atom. The van der Waals surface area contributed by atoms with E-state index >= 15 is 0 Å². The molecule has 0 spiro atoms. The van der Waals surface area contributed by atoms with E-state index in [4.69, 9.17) is 0 Å². The molecule has 2 rings (SSSR count). The van der Waals surface area contributed by atoms with Gasteiger partial charge in [0.15, 0.2) is 0 Å². The molecule has 15 heavy (non-hydrogen) atoms. The number of rotatable bonds is 5. The van der Waals surface area contributed by atoms with Gasteiger partial charge in [-0.05, 0) is 32.1 Å². The van der Waals surface area contributed by atoms with Crippen LogP contribution in [0, 0.1) is 5.92 Å². The summed E-state index contributed by atoms with van der Waals surface area (Å²) in [5, 5.41) is 13.7. The third kappa shape index (κ3) is 3.18. The van der Waals surface area contributed by atoms with Gasteiger partial charge in [0.25, 0.3) is 0 Å². The summed E-state index contributed by atoms with van der Waals surface area (Å²) in [5.74, 6) is 0.964. The van der Waals surface area contributed by atoms with Crippen LogP contribution in [0.1, 0.15) is 58.3 Å². The first-order chi connectivity index (χ1) is 7.18. The van der Waals surface area contributed by atoms with E-state index in [1.54, 1.807) is 0 Å². The minimum absolute atomic E-state index is 0.381. The quantitative estimate of drug-likeness (QED) is 0.732. The van der Waals surface area contributed by atoms with E-state index in [2.05, 4.69) is 12.2 Å². The van der Waals surface area contributed by atoms with Crippen molar-refractivity contribution in [1.29, 1.82) is 0 Å². The van der Waals surface area contributed by atoms with Crippen molar-refractivity contribution in [1.82, 2.24) is 5.32 Å². The first kappa shape index (κ1) is 11.4. The number of hydrogen-bond acceptors (Lipinski definition) is 2. The van der Waals surface area contributed by atoms with E-state index in [1.807, 2.05) is 0 Å². The fourth-order valence-electron chi connectivity index (χ4n) is 2.89. The molecule has 0 aromatic carbocycles. The Labute approximate surface area is 93.5 Å². The highest BCUT2D eigenvalue weighted by molar-refractivity contribution is 4.87. The second-order valence-electron chi connectivity index (χ2n) is 5.75. The normalized spacial score (nSPS) is 27.6. The Balaban J connectivity index is 1.63. The Morgan fingerprint density at radius 1 is 1.27 bits per heavy atom. The minimum atomic E-state index is -0.381. The molecule has 2 N–H and O–H groups in total. The third-order valence-corrected chi connectivity index (χ3v) is 4.23. The molecule has 0 bridgehead atoms. The van der Waals surface area contributed by atoms with Gasteiger partial charge in [0, 0.05) is 12.6 Å². The van der Waals surface area contributed by atoms with E-state index in [0.29, 0.717) is 6.04 Å². The lowest BCUT2D eigenvalue weighted by Gasteiger charge is -2.30. The van der Waals surface area contributed by atoms with Crippen molar-refractivity contribution in [2.45, 2.75) is 69.9 Å². The van der Waals surface area contributed by atoms with Crippen LogP contribution in [0.3, 0.4) is 0 Å². The molecule has 2 aliphatic carbocycles. The maximum atomic E-state index is 10.2. The van der Waals surface area contributed by atoms with Gasteiger partial charge in [0.1, 0.15) is 0 Å². The summed E-state index contributed by atoms with van der Waals surface area (Å²) in [6, 6.07) is 0.583. The summed E-state index contributed by atoms with van der Waals surface area (Å²) < 4.78 is 0. The summed E-state index contributed by atoms with van der Waals surface area (Å²) in [5.41, 5.74) is -0.381. The smallest absolute Gasteiger partial charge is 0.0771 e. The van der Waals surface area contributed by atoms with Crippen molar-refractivity contribution >= 4 is 0 Å². The monoisotopic (exact) mass is 211 g/mol. The van der Waals surface area contributed by atoms with Crippen molar-refractivity contribution < 1.29 is 5.11 Å². The molecular weight excluding hydrogens is 186 g/mol. The molecule has 2 nitrogen and oxygen atoms in total. The molecule has 0 saturated heterocycles. The highest BCUT2D eigenvalue weighted by Gasteiger charge is 2.31. The van der Waals surface area contributed by atoms with Crippen LogP contribution in [0.4, 0.5) is 0 Å². The lowest BCUT2D eigenvalue weighted by atomic mass is 9.81. The predicted molar refractivity (Wildman–Crippen MR) is 62.8 cm³/mol. The molecule has 0 heterocycles. The second-order valence-corrected chi connectivity index (χ2v) is 5.75. The fraction of sp³-hybridized carbons (Fsp3) is 1.00. The zero-order valence-corrected chi connectivity index (χ0v) is 9.97. The van der Waals surface area contributed by atoms with Gasteiger partial charge in [0.05, 0.1) is 5.60 Å². The van der Waals surface area contributed by atoms with Crippen LogP contribution in [-0.2, 0) is 0 Å². The Bertz CT molecular complexity index is 195. The standard InChI is InChI=1S/C13H25NO/c1-11(9-12-5-4-6-12)14-10-13(15)7-2-3-8-13/h11-12,14-15H,2-10H2,1H3. The van der Waals surface area contributed by atoms with Gasteiger partial charge >= 0.3 is 0 Å². The third-order valence-electron chi connectivity index (χ3n) is 4.23. The summed E-state index contributed by atoms with van der Waals surface area (Å²) in [6.07, 6.45) is 9.99. The van der Waals surface area contributed by atoms with Gasteiger partial charge in [-0.1, -0.05) is 32.1 Å². The average Bonchev–Trinajstić information content (AvgIpc) is 2.57. The summed E-state index contributed by atoms with van der Waals surface area (Å²) in [7, 11) is 0. The maximum Gasteiger partial charge on any atom is 0.0771 e. The molecule has 0 radical (unpaired) electrons. The van der Waals surface area contributed by atoms with Crippen molar-refractivity contribution in [2.24, 2.45) is 5.92 Å². The number of aliphatic hydroxyl groups is 1. The predicted octanol–water partition coefficient (Wildman–Crippen LogP) is 2.46. The van der Waals surface area contributed by atoms with E-state index in [9.17, 15) is 5.11 Å². The van der Waals surface area contributed by atoms with Crippen molar-refractivity contribution in [2.75, 3.05) is 6.54 Å². The average molecular weight is 211 g/mol. The molecule has 2 aliphatic rings. The highest BCUT2D eigenvalue weighted by Crippen LogP contribution is 2.31. The number of hydrogen-bond donors (Lipinski definition) is 2. The Kier molecular flexibility index (Phi) is 3.68. The first-order valence-electron chi connectivity index (χ1n) is 6.64. The maximum absolute atomic E-state index is 10.2. The van der Waals surface area contributed by atoms with Gasteiger partial charge in [-0.2, -0.15) is 0 Å². The zero-order valence-electron chi connectivity index (χ0n) is 9.97. The van der Waals surface area contributed by atoms with E-state index in [-0.39, 0.29) is 5.60 Å².